The molecular formula is C13H23ClO. The van der Waals surface area contributed by atoms with Gasteiger partial charge in [-0.05, 0) is 31.6 Å². The van der Waals surface area contributed by atoms with Crippen molar-refractivity contribution in [2.75, 3.05) is 5.88 Å². The zero-order valence-electron chi connectivity index (χ0n) is 9.80. The number of unbranched alkanes of at least 4 members (excludes halogenated alkanes) is 2. The monoisotopic (exact) mass is 230 g/mol. The van der Waals surface area contributed by atoms with Crippen LogP contribution in [0, 0.1) is 11.8 Å². The van der Waals surface area contributed by atoms with Gasteiger partial charge in [0.05, 0.1) is 5.88 Å². The standard InChI is InChI=1S/C13H23ClO/c1-2-3-4-5-11-6-8-12(9-7-11)13(15)10-14/h11-12H,2-10H2,1H3. The van der Waals surface area contributed by atoms with Crippen LogP contribution in [-0.4, -0.2) is 11.7 Å². The van der Waals surface area contributed by atoms with Crippen molar-refractivity contribution < 1.29 is 4.79 Å². The van der Waals surface area contributed by atoms with Crippen LogP contribution in [0.15, 0.2) is 0 Å². The molecule has 0 N–H and O–H groups in total. The maximum atomic E-state index is 11.4. The first kappa shape index (κ1) is 13.0. The number of halogens is 1. The van der Waals surface area contributed by atoms with Crippen LogP contribution in [-0.2, 0) is 4.79 Å². The van der Waals surface area contributed by atoms with Crippen molar-refractivity contribution in [1.82, 2.24) is 0 Å². The fourth-order valence-corrected chi connectivity index (χ4v) is 2.78. The van der Waals surface area contributed by atoms with Crippen LogP contribution in [0.5, 0.6) is 0 Å². The number of ketones is 1. The highest BCUT2D eigenvalue weighted by Crippen LogP contribution is 2.32. The van der Waals surface area contributed by atoms with Gasteiger partial charge < -0.3 is 0 Å². The Kier molecular flexibility index (Phi) is 6.31. The second-order valence-electron chi connectivity index (χ2n) is 4.81. The lowest BCUT2D eigenvalue weighted by molar-refractivity contribution is -0.121. The average molecular weight is 231 g/mol. The molecule has 0 heterocycles. The Balaban J connectivity index is 2.15. The van der Waals surface area contributed by atoms with Gasteiger partial charge in [-0.15, -0.1) is 11.6 Å². The summed E-state index contributed by atoms with van der Waals surface area (Å²) in [7, 11) is 0. The highest BCUT2D eigenvalue weighted by atomic mass is 35.5. The highest BCUT2D eigenvalue weighted by Gasteiger charge is 2.24. The van der Waals surface area contributed by atoms with E-state index in [1.54, 1.807) is 0 Å². The first-order chi connectivity index (χ1) is 7.27. The smallest absolute Gasteiger partial charge is 0.150 e. The Morgan fingerprint density at radius 3 is 2.40 bits per heavy atom. The molecule has 1 aliphatic rings. The van der Waals surface area contributed by atoms with Gasteiger partial charge in [0.2, 0.25) is 0 Å². The number of hydrogen-bond donors (Lipinski definition) is 0. The Bertz CT molecular complexity index is 183. The fourth-order valence-electron chi connectivity index (χ4n) is 2.57. The molecule has 1 rings (SSSR count). The van der Waals surface area contributed by atoms with Crippen molar-refractivity contribution in [2.45, 2.75) is 58.3 Å². The topological polar surface area (TPSA) is 17.1 Å². The average Bonchev–Trinajstić information content (AvgIpc) is 2.29. The van der Waals surface area contributed by atoms with E-state index in [0.717, 1.165) is 18.8 Å². The molecule has 0 saturated heterocycles. The van der Waals surface area contributed by atoms with Crippen LogP contribution in [0.1, 0.15) is 58.3 Å². The van der Waals surface area contributed by atoms with Crippen molar-refractivity contribution in [2.24, 2.45) is 11.8 Å². The van der Waals surface area contributed by atoms with Crippen LogP contribution in [0.3, 0.4) is 0 Å². The van der Waals surface area contributed by atoms with Crippen LogP contribution in [0.25, 0.3) is 0 Å². The molecule has 0 aromatic carbocycles. The van der Waals surface area contributed by atoms with Crippen LogP contribution < -0.4 is 0 Å². The minimum atomic E-state index is 0.213. The summed E-state index contributed by atoms with van der Waals surface area (Å²) >= 11 is 5.57. The third-order valence-electron chi connectivity index (χ3n) is 3.65. The van der Waals surface area contributed by atoms with E-state index in [9.17, 15) is 4.79 Å². The van der Waals surface area contributed by atoms with Gasteiger partial charge in [-0.3, -0.25) is 4.79 Å². The summed E-state index contributed by atoms with van der Waals surface area (Å²) in [5.74, 6) is 1.65. The molecule has 0 amide bonds. The van der Waals surface area contributed by atoms with E-state index in [0.29, 0.717) is 0 Å². The van der Waals surface area contributed by atoms with Gasteiger partial charge in [0.15, 0.2) is 5.78 Å². The second-order valence-corrected chi connectivity index (χ2v) is 5.08. The predicted molar refractivity (Wildman–Crippen MR) is 65.3 cm³/mol. The quantitative estimate of drug-likeness (QED) is 0.494. The molecule has 0 spiro atoms. The minimum absolute atomic E-state index is 0.213. The Morgan fingerprint density at radius 2 is 1.87 bits per heavy atom. The largest absolute Gasteiger partial charge is 0.298 e. The molecule has 88 valence electrons. The number of Topliss-reactive ketones (excluding diaryl/α,β-unsaturated/α-hetero) is 1. The second kappa shape index (κ2) is 7.27. The highest BCUT2D eigenvalue weighted by molar-refractivity contribution is 6.27. The first-order valence-electron chi connectivity index (χ1n) is 6.36. The Labute approximate surface area is 98.6 Å². The van der Waals surface area contributed by atoms with Crippen LogP contribution >= 0.6 is 11.6 Å². The van der Waals surface area contributed by atoms with E-state index < -0.39 is 0 Å². The summed E-state index contributed by atoms with van der Waals surface area (Å²) in [5.41, 5.74) is 0. The molecular weight excluding hydrogens is 208 g/mol. The number of carbonyl (C=O) groups is 1. The number of hydrogen-bond acceptors (Lipinski definition) is 1. The van der Waals surface area contributed by atoms with Gasteiger partial charge >= 0.3 is 0 Å². The lowest BCUT2D eigenvalue weighted by Gasteiger charge is -2.27. The molecule has 0 aromatic heterocycles. The summed E-state index contributed by atoms with van der Waals surface area (Å²) in [6.45, 7) is 2.25. The normalized spacial score (nSPS) is 26.5. The van der Waals surface area contributed by atoms with E-state index in [2.05, 4.69) is 6.92 Å². The molecule has 2 heteroatoms. The van der Waals surface area contributed by atoms with Crippen molar-refractivity contribution in [3.05, 3.63) is 0 Å². The molecule has 1 nitrogen and oxygen atoms in total. The molecule has 0 atom stereocenters. The summed E-state index contributed by atoms with van der Waals surface area (Å²) in [5, 5.41) is 0. The molecule has 0 radical (unpaired) electrons. The molecule has 1 fully saturated rings. The molecule has 0 aliphatic heterocycles. The zero-order valence-corrected chi connectivity index (χ0v) is 10.6. The molecule has 0 bridgehead atoms. The lowest BCUT2D eigenvalue weighted by atomic mass is 9.78. The fraction of sp³-hybridized carbons (Fsp3) is 0.923. The van der Waals surface area contributed by atoms with E-state index in [1.165, 1.54) is 38.5 Å². The van der Waals surface area contributed by atoms with E-state index in [-0.39, 0.29) is 17.6 Å². The van der Waals surface area contributed by atoms with Gasteiger partial charge in [-0.1, -0.05) is 32.6 Å². The van der Waals surface area contributed by atoms with Gasteiger partial charge in [-0.2, -0.15) is 0 Å². The van der Waals surface area contributed by atoms with Crippen molar-refractivity contribution >= 4 is 17.4 Å². The summed E-state index contributed by atoms with van der Waals surface area (Å²) < 4.78 is 0. The summed E-state index contributed by atoms with van der Waals surface area (Å²) in [6.07, 6.45) is 10.1. The van der Waals surface area contributed by atoms with Crippen molar-refractivity contribution in [1.29, 1.82) is 0 Å². The molecule has 1 aliphatic carbocycles. The maximum absolute atomic E-state index is 11.4. The third-order valence-corrected chi connectivity index (χ3v) is 3.91. The number of carbonyl (C=O) groups excluding carboxylic acids is 1. The SMILES string of the molecule is CCCCCC1CCC(C(=O)CCl)CC1. The Morgan fingerprint density at radius 1 is 1.20 bits per heavy atom. The minimum Gasteiger partial charge on any atom is -0.298 e. The van der Waals surface area contributed by atoms with Crippen molar-refractivity contribution in [3.8, 4) is 0 Å². The predicted octanol–water partition coefficient (Wildman–Crippen LogP) is 4.18. The van der Waals surface area contributed by atoms with Crippen LogP contribution in [0.2, 0.25) is 0 Å². The Hall–Kier alpha value is -0.0400. The zero-order chi connectivity index (χ0) is 11.1. The maximum Gasteiger partial charge on any atom is 0.150 e. The molecule has 1 saturated carbocycles. The first-order valence-corrected chi connectivity index (χ1v) is 6.90. The third kappa shape index (κ3) is 4.55. The lowest BCUT2D eigenvalue weighted by Crippen LogP contribution is -2.22. The molecule has 0 unspecified atom stereocenters. The number of alkyl halides is 1. The van der Waals surface area contributed by atoms with Gasteiger partial charge in [0.1, 0.15) is 0 Å². The van der Waals surface area contributed by atoms with E-state index in [4.69, 9.17) is 11.6 Å². The van der Waals surface area contributed by atoms with Crippen molar-refractivity contribution in [3.63, 3.8) is 0 Å². The molecule has 0 aromatic rings. The van der Waals surface area contributed by atoms with E-state index >= 15 is 0 Å². The summed E-state index contributed by atoms with van der Waals surface area (Å²) in [4.78, 5) is 11.4. The van der Waals surface area contributed by atoms with Crippen LogP contribution in [0.4, 0.5) is 0 Å². The van der Waals surface area contributed by atoms with Gasteiger partial charge in [0.25, 0.3) is 0 Å². The molecule has 15 heavy (non-hydrogen) atoms. The van der Waals surface area contributed by atoms with Gasteiger partial charge in [0, 0.05) is 5.92 Å². The summed E-state index contributed by atoms with van der Waals surface area (Å²) in [6, 6.07) is 0. The van der Waals surface area contributed by atoms with Gasteiger partial charge in [-0.25, -0.2) is 0 Å². The number of rotatable bonds is 6. The van der Waals surface area contributed by atoms with E-state index in [1.807, 2.05) is 0 Å².